The van der Waals surface area contributed by atoms with Crippen LogP contribution >= 0.6 is 56.4 Å². The van der Waals surface area contributed by atoms with Gasteiger partial charge in [0.2, 0.25) is 23.6 Å². The van der Waals surface area contributed by atoms with Crippen molar-refractivity contribution in [2.75, 3.05) is 66.3 Å². The maximum Gasteiger partial charge on any atom is 0.347 e. The number of rotatable bonds is 23. The molecule has 4 aromatic carbocycles. The predicted octanol–water partition coefficient (Wildman–Crippen LogP) is 12.9. The number of carbonyl (C=O) groups is 8. The average molecular weight is 1620 g/mol. The van der Waals surface area contributed by atoms with Crippen molar-refractivity contribution < 1.29 is 76.3 Å². The van der Waals surface area contributed by atoms with Crippen LogP contribution in [0.2, 0.25) is 10.0 Å². The summed E-state index contributed by atoms with van der Waals surface area (Å²) in [6, 6.07) is 24.7. The number of halogens is 3. The molecule has 0 aliphatic carbocycles. The first kappa shape index (κ1) is 88.7. The highest BCUT2D eigenvalue weighted by atomic mass is 35.5. The van der Waals surface area contributed by atoms with E-state index in [1.807, 2.05) is 87.4 Å². The Hall–Kier alpha value is -6.87. The summed E-state index contributed by atoms with van der Waals surface area (Å²) >= 11 is 18.7. The lowest BCUT2D eigenvalue weighted by Crippen LogP contribution is -2.51. The lowest BCUT2D eigenvalue weighted by atomic mass is 9.92. The Morgan fingerprint density at radius 3 is 1.32 bits per heavy atom. The zero-order valence-electron chi connectivity index (χ0n) is 66.0. The summed E-state index contributed by atoms with van der Waals surface area (Å²) in [4.78, 5) is 113. The summed E-state index contributed by atoms with van der Waals surface area (Å²) < 4.78 is 46.9. The molecule has 0 unspecified atom stereocenters. The highest BCUT2D eigenvalue weighted by molar-refractivity contribution is 8.77. The second-order valence-corrected chi connectivity index (χ2v) is 36.1. The van der Waals surface area contributed by atoms with E-state index >= 15 is 0 Å². The predicted molar refractivity (Wildman–Crippen MR) is 430 cm³/mol. The molecule has 0 bridgehead atoms. The summed E-state index contributed by atoms with van der Waals surface area (Å²) in [5, 5.41) is 11.9. The first-order valence-corrected chi connectivity index (χ1v) is 41.6. The maximum atomic E-state index is 13.9. The Morgan fingerprint density at radius 2 is 0.945 bits per heavy atom. The minimum atomic E-state index is -1.21. The van der Waals surface area contributed by atoms with Crippen molar-refractivity contribution in [2.45, 2.75) is 200 Å². The largest absolute Gasteiger partial charge is 0.495 e. The van der Waals surface area contributed by atoms with E-state index < -0.39 is 94.8 Å². The summed E-state index contributed by atoms with van der Waals surface area (Å²) in [5.74, 6) is -3.83. The molecule has 5 heterocycles. The van der Waals surface area contributed by atoms with Crippen molar-refractivity contribution in [3.05, 3.63) is 153 Å². The van der Waals surface area contributed by atoms with Gasteiger partial charge < -0.3 is 59.2 Å². The van der Waals surface area contributed by atoms with E-state index in [4.69, 9.17) is 72.7 Å². The molecule has 5 aliphatic rings. The number of epoxide rings is 2. The third kappa shape index (κ3) is 26.4. The van der Waals surface area contributed by atoms with Crippen LogP contribution in [0.1, 0.15) is 154 Å². The van der Waals surface area contributed by atoms with E-state index in [9.17, 15) is 38.4 Å². The maximum absolute atomic E-state index is 13.9. The number of benzene rings is 4. The van der Waals surface area contributed by atoms with Gasteiger partial charge in [-0.25, -0.2) is 9.59 Å². The van der Waals surface area contributed by atoms with Gasteiger partial charge in [0.05, 0.1) is 47.3 Å². The van der Waals surface area contributed by atoms with Crippen LogP contribution in [0.5, 0.6) is 11.5 Å². The summed E-state index contributed by atoms with van der Waals surface area (Å²) in [6.07, 6.45) is 4.57. The van der Waals surface area contributed by atoms with E-state index in [0.717, 1.165) is 56.0 Å². The molecule has 5 aliphatic heterocycles. The SMILES string of the molecule is COc1ccc(C[C@H]2NC(=O)/C=C/C[C@@H]([C@H](C)[C@H]3O[C@@H]3c3ccc(CCl)cc3)OC(=O)[C@H](CC(C)C)OC(=O)C(C)(C)CNC2=O)cc1Cl.COc1ccc(C[C@H]2NC(=O)/C=C/C[C@@H]([C@H](C)[C@H]3O[C@@H]3c3ccc(CN4CCN(CC(C)(C)SSC)CC4)cc3)OC(=O)[C@H](CC(C)C)OC(=O)C(C)(C)CNC2=O)cc1Cl. The fraction of sp³-hybridized carbons (Fsp3) is 0.566. The molecule has 4 amide bonds. The number of esters is 4. The summed E-state index contributed by atoms with van der Waals surface area (Å²) in [7, 11) is 6.79. The second kappa shape index (κ2) is 40.7. The fourth-order valence-corrected chi connectivity index (χ4v) is 16.3. The van der Waals surface area contributed by atoms with Crippen LogP contribution in [0.3, 0.4) is 0 Å². The van der Waals surface area contributed by atoms with Gasteiger partial charge in [0.25, 0.3) is 0 Å². The topological polar surface area (TPSA) is 272 Å². The van der Waals surface area contributed by atoms with Gasteiger partial charge in [-0.3, -0.25) is 38.6 Å². The number of nitrogens with zero attached hydrogens (tertiary/aromatic N) is 2. The molecule has 4 N–H and O–H groups in total. The van der Waals surface area contributed by atoms with Crippen LogP contribution in [0.4, 0.5) is 0 Å². The van der Waals surface area contributed by atoms with Gasteiger partial charge in [0, 0.05) is 101 Å². The summed E-state index contributed by atoms with van der Waals surface area (Å²) in [6.45, 7) is 28.7. The molecule has 22 nitrogen and oxygen atoms in total. The molecule has 0 spiro atoms. The third-order valence-electron chi connectivity index (χ3n) is 20.1. The highest BCUT2D eigenvalue weighted by Crippen LogP contribution is 2.47. The number of piperazine rings is 1. The molecule has 0 aromatic heterocycles. The molecule has 602 valence electrons. The van der Waals surface area contributed by atoms with Crippen LogP contribution < -0.4 is 30.7 Å². The van der Waals surface area contributed by atoms with E-state index in [-0.39, 0.29) is 104 Å². The lowest BCUT2D eigenvalue weighted by Gasteiger charge is -2.38. The number of hydrogen-bond acceptors (Lipinski definition) is 20. The molecule has 110 heavy (non-hydrogen) atoms. The quantitative estimate of drug-likeness (QED) is 0.0177. The van der Waals surface area contributed by atoms with Crippen LogP contribution in [0.25, 0.3) is 0 Å². The molecular weight excluding hydrogens is 1510 g/mol. The Bertz CT molecular complexity index is 3870. The van der Waals surface area contributed by atoms with E-state index in [1.165, 1.54) is 31.9 Å². The van der Waals surface area contributed by atoms with Crippen molar-refractivity contribution in [1.82, 2.24) is 31.1 Å². The van der Waals surface area contributed by atoms with Gasteiger partial charge in [0.1, 0.15) is 48.0 Å². The van der Waals surface area contributed by atoms with Gasteiger partial charge >= 0.3 is 23.9 Å². The molecule has 3 fully saturated rings. The molecule has 12 atom stereocenters. The van der Waals surface area contributed by atoms with Crippen molar-refractivity contribution in [3.8, 4) is 11.5 Å². The Labute approximate surface area is 671 Å². The lowest BCUT2D eigenvalue weighted by molar-refractivity contribution is -0.179. The number of ether oxygens (including phenoxy) is 8. The Kier molecular flexibility index (Phi) is 32.8. The first-order valence-electron chi connectivity index (χ1n) is 37.8. The van der Waals surface area contributed by atoms with E-state index in [0.29, 0.717) is 38.6 Å². The van der Waals surface area contributed by atoms with Gasteiger partial charge in [0.15, 0.2) is 12.2 Å². The molecule has 0 saturated carbocycles. The van der Waals surface area contributed by atoms with Crippen LogP contribution in [-0.2, 0) is 92.0 Å². The number of nitrogens with one attached hydrogen (secondary N) is 4. The molecule has 27 heteroatoms. The number of hydrogen-bond donors (Lipinski definition) is 4. The minimum Gasteiger partial charge on any atom is -0.495 e. The van der Waals surface area contributed by atoms with Crippen molar-refractivity contribution >= 4 is 104 Å². The van der Waals surface area contributed by atoms with Gasteiger partial charge in [-0.05, 0) is 142 Å². The number of cyclic esters (lactones) is 4. The molecule has 0 radical (unpaired) electrons. The Balaban J connectivity index is 0.000000283. The minimum absolute atomic E-state index is 0.00978. The molecule has 9 rings (SSSR count). The standard InChI is InChI=1S/C46H65ClN4O8S2.C37H46Cl2N2O8/c1-29(2)23-38-43(54)57-36(30(3)40-41(59-40)33-16-13-31(14-17-33)26-50-19-21-51(22-20-50)28-46(6,7)61-60-9)11-10-12-39(52)49-35(25-32-15-18-37(56-8)34(47)24-32)42(53)48-27-45(4,5)44(55)58-38;1-21(2)16-30-35(44)47-28(22(3)32-33(49-32)25-13-10-23(19-38)11-14-25)8-7-9-31(42)41-27(18-24-12-15-29(46-6)26(39)17-24)34(43)40-20-37(4,5)36(45)48-30/h10,12-18,24,29-30,35-36,38,40-41H,11,19-23,25-28H2,1-9H3,(H,48,53)(H,49,52);7,9-15,17,21-22,27-28,30,32-33H,8,16,18-20H2,1-6H3,(H,40,43)(H,41,42)/b12-10+;9-7+/t30-,35+,36-,38-,40+,41+;22-,27+,28-,30-,32+,33+/m00/s1. The van der Waals surface area contributed by atoms with Crippen molar-refractivity contribution in [2.24, 2.45) is 34.5 Å². The number of methoxy groups -OCH3 is 2. The van der Waals surface area contributed by atoms with Gasteiger partial charge in [-0.2, -0.15) is 0 Å². The van der Waals surface area contributed by atoms with Crippen LogP contribution in [0, 0.1) is 34.5 Å². The zero-order chi connectivity index (χ0) is 80.4. The van der Waals surface area contributed by atoms with Crippen molar-refractivity contribution in [1.29, 1.82) is 0 Å². The van der Waals surface area contributed by atoms with E-state index in [1.54, 1.807) is 76.2 Å². The average Bonchev–Trinajstić information content (AvgIpc) is 1.63. The fourth-order valence-electron chi connectivity index (χ4n) is 13.4. The Morgan fingerprint density at radius 1 is 0.555 bits per heavy atom. The normalized spacial score (nSPS) is 26.0. The zero-order valence-corrected chi connectivity index (χ0v) is 69.9. The number of alkyl halides is 1. The van der Waals surface area contributed by atoms with E-state index in [2.05, 4.69) is 75.4 Å². The third-order valence-corrected chi connectivity index (χ3v) is 23.6. The van der Waals surface area contributed by atoms with Crippen molar-refractivity contribution in [3.63, 3.8) is 0 Å². The summed E-state index contributed by atoms with van der Waals surface area (Å²) in [5.41, 5.74) is 3.24. The smallest absolute Gasteiger partial charge is 0.347 e. The monoisotopic (exact) mass is 1620 g/mol. The van der Waals surface area contributed by atoms with Gasteiger partial charge in [-0.15, -0.1) is 11.6 Å². The molecule has 3 saturated heterocycles. The number of carbonyl (C=O) groups excluding carboxylic acids is 8. The van der Waals surface area contributed by atoms with Crippen LogP contribution in [-0.4, -0.2) is 177 Å². The van der Waals surface area contributed by atoms with Gasteiger partial charge in [-0.1, -0.05) is 159 Å². The second-order valence-electron chi connectivity index (χ2n) is 31.9. The highest BCUT2D eigenvalue weighted by Gasteiger charge is 2.50. The molecule has 4 aromatic rings. The van der Waals surface area contributed by atoms with Crippen LogP contribution in [0.15, 0.2) is 109 Å². The first-order chi connectivity index (χ1) is 52.1. The number of amides is 4. The molecular formula is C83H111Cl3N6O16S2.